The predicted molar refractivity (Wildman–Crippen MR) is 96.7 cm³/mol. The van der Waals surface area contributed by atoms with E-state index in [1.54, 1.807) is 6.08 Å². The number of allylic oxidation sites excluding steroid dienone is 1. The molecular formula is C20H22O2S. The molecule has 0 fully saturated rings. The second kappa shape index (κ2) is 7.51. The summed E-state index contributed by atoms with van der Waals surface area (Å²) in [6, 6.07) is 16.1. The summed E-state index contributed by atoms with van der Waals surface area (Å²) in [6.45, 7) is 7.93. The number of carbonyl (C=O) groups is 1. The van der Waals surface area contributed by atoms with E-state index in [9.17, 15) is 4.79 Å². The van der Waals surface area contributed by atoms with E-state index in [1.165, 1.54) is 18.9 Å². The van der Waals surface area contributed by atoms with Gasteiger partial charge in [-0.2, -0.15) is 0 Å². The second-order valence-electron chi connectivity index (χ2n) is 5.54. The van der Waals surface area contributed by atoms with E-state index in [-0.39, 0.29) is 5.97 Å². The van der Waals surface area contributed by atoms with Gasteiger partial charge in [0.05, 0.1) is 7.11 Å². The van der Waals surface area contributed by atoms with Crippen molar-refractivity contribution in [3.63, 3.8) is 0 Å². The number of carbonyl (C=O) groups excluding carboxylic acids is 1. The van der Waals surface area contributed by atoms with E-state index in [0.717, 1.165) is 21.6 Å². The van der Waals surface area contributed by atoms with Gasteiger partial charge >= 0.3 is 5.97 Å². The molecule has 0 bridgehead atoms. The van der Waals surface area contributed by atoms with Crippen LogP contribution in [0.3, 0.4) is 0 Å². The molecule has 2 aromatic carbocycles. The maximum atomic E-state index is 12.7. The number of hydrogen-bond acceptors (Lipinski definition) is 3. The number of hydrogen-bond donors (Lipinski definition) is 0. The van der Waals surface area contributed by atoms with Crippen LogP contribution in [-0.4, -0.2) is 13.1 Å². The van der Waals surface area contributed by atoms with Crippen molar-refractivity contribution in [3.05, 3.63) is 77.9 Å². The quantitative estimate of drug-likeness (QED) is 0.422. The Morgan fingerprint density at radius 1 is 1.17 bits per heavy atom. The van der Waals surface area contributed by atoms with Crippen molar-refractivity contribution in [1.29, 1.82) is 0 Å². The lowest BCUT2D eigenvalue weighted by Gasteiger charge is -2.30. The third-order valence-electron chi connectivity index (χ3n) is 3.84. The Morgan fingerprint density at radius 2 is 1.83 bits per heavy atom. The van der Waals surface area contributed by atoms with Crippen molar-refractivity contribution >= 4 is 17.7 Å². The Morgan fingerprint density at radius 3 is 2.39 bits per heavy atom. The molecule has 1 atom stereocenters. The van der Waals surface area contributed by atoms with Crippen molar-refractivity contribution in [2.24, 2.45) is 0 Å². The fraction of sp³-hybridized carbons (Fsp3) is 0.250. The molecule has 1 unspecified atom stereocenters. The van der Waals surface area contributed by atoms with Crippen molar-refractivity contribution in [1.82, 2.24) is 0 Å². The highest BCUT2D eigenvalue weighted by molar-refractivity contribution is 8.01. The van der Waals surface area contributed by atoms with E-state index in [2.05, 4.69) is 6.58 Å². The van der Waals surface area contributed by atoms with Gasteiger partial charge in [-0.05, 0) is 37.5 Å². The molecule has 2 aromatic rings. The normalized spacial score (nSPS) is 13.2. The smallest absolute Gasteiger partial charge is 0.327 e. The zero-order valence-electron chi connectivity index (χ0n) is 13.8. The van der Waals surface area contributed by atoms with Gasteiger partial charge in [0.1, 0.15) is 4.75 Å². The van der Waals surface area contributed by atoms with Gasteiger partial charge < -0.3 is 4.74 Å². The minimum absolute atomic E-state index is 0.255. The molecule has 0 aliphatic heterocycles. The molecular weight excluding hydrogens is 304 g/mol. The minimum atomic E-state index is -0.823. The summed E-state index contributed by atoms with van der Waals surface area (Å²) in [4.78, 5) is 13.8. The van der Waals surface area contributed by atoms with E-state index in [1.807, 2.05) is 62.4 Å². The first kappa shape index (κ1) is 17.4. The highest BCUT2D eigenvalue weighted by Gasteiger charge is 2.42. The molecule has 2 rings (SSSR count). The van der Waals surface area contributed by atoms with Crippen molar-refractivity contribution in [3.8, 4) is 0 Å². The molecule has 0 heterocycles. The zero-order chi connectivity index (χ0) is 16.9. The lowest BCUT2D eigenvalue weighted by molar-refractivity contribution is -0.143. The maximum Gasteiger partial charge on any atom is 0.327 e. The highest BCUT2D eigenvalue weighted by atomic mass is 32.2. The maximum absolute atomic E-state index is 12.7. The zero-order valence-corrected chi connectivity index (χ0v) is 14.7. The summed E-state index contributed by atoms with van der Waals surface area (Å²) < 4.78 is 4.33. The first-order chi connectivity index (χ1) is 11.0. The van der Waals surface area contributed by atoms with Crippen LogP contribution in [0.4, 0.5) is 0 Å². The van der Waals surface area contributed by atoms with Crippen LogP contribution in [0.2, 0.25) is 0 Å². The number of benzene rings is 2. The average molecular weight is 326 g/mol. The van der Waals surface area contributed by atoms with E-state index >= 15 is 0 Å². The molecule has 0 aromatic heterocycles. The van der Waals surface area contributed by atoms with Gasteiger partial charge in [0.2, 0.25) is 0 Å². The lowest BCUT2D eigenvalue weighted by Crippen LogP contribution is -2.33. The van der Waals surface area contributed by atoms with Crippen molar-refractivity contribution in [2.45, 2.75) is 29.9 Å². The fourth-order valence-corrected chi connectivity index (χ4v) is 3.88. The van der Waals surface area contributed by atoms with Crippen molar-refractivity contribution < 1.29 is 9.53 Å². The Kier molecular flexibility index (Phi) is 5.67. The van der Waals surface area contributed by atoms with E-state index in [0.29, 0.717) is 6.42 Å². The van der Waals surface area contributed by atoms with Gasteiger partial charge in [-0.1, -0.05) is 54.1 Å². The van der Waals surface area contributed by atoms with Gasteiger partial charge in [0, 0.05) is 4.90 Å². The molecule has 2 nitrogen and oxygen atoms in total. The van der Waals surface area contributed by atoms with E-state index < -0.39 is 4.75 Å². The third kappa shape index (κ3) is 3.67. The summed E-state index contributed by atoms with van der Waals surface area (Å²) in [5, 5.41) is 0. The van der Waals surface area contributed by atoms with Gasteiger partial charge in [-0.3, -0.25) is 4.79 Å². The predicted octanol–water partition coefficient (Wildman–Crippen LogP) is 5.04. The number of thioether (sulfide) groups is 1. The molecule has 0 spiro atoms. The molecule has 3 heteroatoms. The van der Waals surface area contributed by atoms with Gasteiger partial charge in [-0.15, -0.1) is 18.3 Å². The first-order valence-corrected chi connectivity index (χ1v) is 8.36. The Bertz CT molecular complexity index is 691. The Labute approximate surface area is 142 Å². The van der Waals surface area contributed by atoms with E-state index in [4.69, 9.17) is 4.74 Å². The number of methoxy groups -OCH3 is 1. The summed E-state index contributed by atoms with van der Waals surface area (Å²) in [7, 11) is 1.44. The number of esters is 1. The first-order valence-electron chi connectivity index (χ1n) is 7.54. The second-order valence-corrected chi connectivity index (χ2v) is 6.89. The molecule has 23 heavy (non-hydrogen) atoms. The molecule has 0 radical (unpaired) electrons. The molecule has 0 aliphatic rings. The van der Waals surface area contributed by atoms with Gasteiger partial charge in [0.25, 0.3) is 0 Å². The lowest BCUT2D eigenvalue weighted by atomic mass is 9.94. The number of ether oxygens (including phenoxy) is 1. The molecule has 0 N–H and O–H groups in total. The average Bonchev–Trinajstić information content (AvgIpc) is 2.56. The third-order valence-corrected chi connectivity index (χ3v) is 5.44. The van der Waals surface area contributed by atoms with Crippen LogP contribution >= 0.6 is 11.8 Å². The molecule has 0 saturated carbocycles. The van der Waals surface area contributed by atoms with Crippen LogP contribution < -0.4 is 0 Å². The summed E-state index contributed by atoms with van der Waals surface area (Å²) >= 11 is 1.53. The topological polar surface area (TPSA) is 26.3 Å². The van der Waals surface area contributed by atoms with Crippen LogP contribution in [0.5, 0.6) is 0 Å². The Hall–Kier alpha value is -2.00. The SMILES string of the molecule is C=CCC(Sc1ccccc1C)(C(=O)OC)c1ccc(C)cc1. The molecule has 0 aliphatic carbocycles. The highest BCUT2D eigenvalue weighted by Crippen LogP contribution is 2.46. The van der Waals surface area contributed by atoms with Gasteiger partial charge in [0.15, 0.2) is 0 Å². The van der Waals surface area contributed by atoms with Crippen LogP contribution in [0, 0.1) is 13.8 Å². The van der Waals surface area contributed by atoms with Crippen molar-refractivity contribution in [2.75, 3.05) is 7.11 Å². The molecule has 0 amide bonds. The minimum Gasteiger partial charge on any atom is -0.468 e. The van der Waals surface area contributed by atoms with Crippen LogP contribution in [0.1, 0.15) is 23.1 Å². The standard InChI is InChI=1S/C20H22O2S/c1-5-14-20(19(21)22-4,17-12-10-15(2)11-13-17)23-18-9-7-6-8-16(18)3/h5-13H,1,14H2,2-4H3. The largest absolute Gasteiger partial charge is 0.468 e. The molecule has 0 saturated heterocycles. The monoisotopic (exact) mass is 326 g/mol. The summed E-state index contributed by atoms with van der Waals surface area (Å²) in [5.41, 5.74) is 3.23. The van der Waals surface area contributed by atoms with Crippen LogP contribution in [0.25, 0.3) is 0 Å². The summed E-state index contributed by atoms with van der Waals surface area (Å²) in [6.07, 6.45) is 2.28. The molecule has 120 valence electrons. The number of aryl methyl sites for hydroxylation is 2. The van der Waals surface area contributed by atoms with Crippen LogP contribution in [0.15, 0.2) is 66.1 Å². The number of rotatable bonds is 6. The fourth-order valence-electron chi connectivity index (χ4n) is 2.51. The summed E-state index contributed by atoms with van der Waals surface area (Å²) in [5.74, 6) is -0.255. The Balaban J connectivity index is 2.57. The van der Waals surface area contributed by atoms with Gasteiger partial charge in [-0.25, -0.2) is 0 Å². The van der Waals surface area contributed by atoms with Crippen LogP contribution in [-0.2, 0) is 14.3 Å².